The Labute approximate surface area is 244 Å². The van der Waals surface area contributed by atoms with Gasteiger partial charge in [-0.1, -0.05) is 19.1 Å². The molecule has 0 bridgehead atoms. The number of hydrogen-bond donors (Lipinski definition) is 1. The zero-order chi connectivity index (χ0) is 27.6. The molecule has 1 saturated heterocycles. The molecule has 4 fully saturated rings. The summed E-state index contributed by atoms with van der Waals surface area (Å²) in [7, 11) is 0. The van der Waals surface area contributed by atoms with Gasteiger partial charge in [0.15, 0.2) is 0 Å². The number of ether oxygens (including phenoxy) is 1. The quantitative estimate of drug-likeness (QED) is 0.210. The first-order valence-corrected chi connectivity index (χ1v) is 16.0. The van der Waals surface area contributed by atoms with Gasteiger partial charge in [-0.05, 0) is 111 Å². The first-order chi connectivity index (χ1) is 18.8. The van der Waals surface area contributed by atoms with Gasteiger partial charge in [0.2, 0.25) is 5.91 Å². The summed E-state index contributed by atoms with van der Waals surface area (Å²) in [5.74, 6) is 3.71. The van der Waals surface area contributed by atoms with E-state index in [-0.39, 0.29) is 23.5 Å². The summed E-state index contributed by atoms with van der Waals surface area (Å²) in [6, 6.07) is 8.09. The predicted molar refractivity (Wildman–Crippen MR) is 159 cm³/mol. The van der Waals surface area contributed by atoms with Crippen LogP contribution in [-0.4, -0.2) is 48.4 Å². The summed E-state index contributed by atoms with van der Waals surface area (Å²) >= 11 is 11.9. The number of carbonyl (C=O) groups is 2. The third-order valence-electron chi connectivity index (χ3n) is 10.8. The number of carbonyl (C=O) groups excluding carboxylic acids is 2. The second-order valence-corrected chi connectivity index (χ2v) is 13.6. The molecule has 1 aromatic carbocycles. The molecule has 3 saturated carbocycles. The topological polar surface area (TPSA) is 58.6 Å². The van der Waals surface area contributed by atoms with Crippen LogP contribution < -0.4 is 10.2 Å². The minimum atomic E-state index is -0.251. The number of fused-ring (bicyclic) bond motifs is 5. The van der Waals surface area contributed by atoms with Gasteiger partial charge in [-0.2, -0.15) is 0 Å². The number of amides is 1. The Hall–Kier alpha value is -1.72. The fraction of sp³-hybridized carbons (Fsp3) is 0.688. The molecule has 214 valence electrons. The Balaban J connectivity index is 1.16. The third-order valence-corrected chi connectivity index (χ3v) is 11.1. The molecule has 7 atom stereocenters. The number of alkyl halides is 2. The van der Waals surface area contributed by atoms with Crippen molar-refractivity contribution in [3.8, 4) is 0 Å². The summed E-state index contributed by atoms with van der Waals surface area (Å²) < 4.78 is 5.97. The van der Waals surface area contributed by atoms with E-state index in [0.29, 0.717) is 47.3 Å². The van der Waals surface area contributed by atoms with Crippen LogP contribution >= 0.6 is 23.2 Å². The lowest BCUT2D eigenvalue weighted by atomic mass is 9.45. The number of piperidine rings is 1. The number of halogens is 2. The van der Waals surface area contributed by atoms with Crippen LogP contribution in [0.5, 0.6) is 0 Å². The Morgan fingerprint density at radius 1 is 1.03 bits per heavy atom. The SMILES string of the molecule is C[C@]12CC[C@H](OC(=O)/C=C\c3ccc(N(CCCl)CCCl)cc3)CC1CC[C@@H]1C2CC[C@]2(C)NC(=O)CCC12. The number of benzene rings is 1. The van der Waals surface area contributed by atoms with E-state index in [9.17, 15) is 9.59 Å². The molecule has 7 heteroatoms. The molecule has 1 heterocycles. The van der Waals surface area contributed by atoms with Crippen molar-refractivity contribution >= 4 is 46.8 Å². The fourth-order valence-electron chi connectivity index (χ4n) is 8.74. The summed E-state index contributed by atoms with van der Waals surface area (Å²) in [5.41, 5.74) is 2.33. The summed E-state index contributed by atoms with van der Waals surface area (Å²) in [6.45, 7) is 6.30. The molecule has 1 aromatic rings. The summed E-state index contributed by atoms with van der Waals surface area (Å²) in [6.07, 6.45) is 12.9. The number of rotatable bonds is 8. The molecular weight excluding hydrogens is 531 g/mol. The highest BCUT2D eigenvalue weighted by Crippen LogP contribution is 2.62. The normalized spacial score (nSPS) is 35.9. The predicted octanol–water partition coefficient (Wildman–Crippen LogP) is 6.81. The zero-order valence-corrected chi connectivity index (χ0v) is 25.0. The monoisotopic (exact) mass is 574 g/mol. The number of hydrogen-bond acceptors (Lipinski definition) is 4. The van der Waals surface area contributed by atoms with Crippen molar-refractivity contribution in [1.29, 1.82) is 0 Å². The Bertz CT molecular complexity index is 1060. The average molecular weight is 576 g/mol. The third kappa shape index (κ3) is 6.00. The Morgan fingerprint density at radius 3 is 2.49 bits per heavy atom. The van der Waals surface area contributed by atoms with Gasteiger partial charge in [-0.25, -0.2) is 4.79 Å². The second kappa shape index (κ2) is 12.0. The van der Waals surface area contributed by atoms with Crippen LogP contribution in [-0.2, 0) is 14.3 Å². The lowest BCUT2D eigenvalue weighted by Crippen LogP contribution is -2.63. The zero-order valence-electron chi connectivity index (χ0n) is 23.5. The first kappa shape index (κ1) is 28.8. The molecule has 1 aliphatic heterocycles. The van der Waals surface area contributed by atoms with E-state index >= 15 is 0 Å². The van der Waals surface area contributed by atoms with Crippen molar-refractivity contribution in [3.05, 3.63) is 35.9 Å². The van der Waals surface area contributed by atoms with Crippen molar-refractivity contribution in [2.75, 3.05) is 29.7 Å². The molecule has 5 nitrogen and oxygen atoms in total. The molecule has 4 aliphatic rings. The van der Waals surface area contributed by atoms with Gasteiger partial charge in [0.1, 0.15) is 6.10 Å². The molecule has 0 aromatic heterocycles. The Kier molecular flexibility index (Phi) is 8.88. The van der Waals surface area contributed by atoms with Crippen LogP contribution in [0, 0.1) is 29.1 Å². The number of esters is 1. The van der Waals surface area contributed by atoms with Gasteiger partial charge in [-0.15, -0.1) is 23.2 Å². The van der Waals surface area contributed by atoms with Crippen molar-refractivity contribution in [1.82, 2.24) is 5.32 Å². The molecule has 0 radical (unpaired) electrons. The maximum atomic E-state index is 12.7. The first-order valence-electron chi connectivity index (χ1n) is 14.9. The number of nitrogens with one attached hydrogen (secondary N) is 1. The summed E-state index contributed by atoms with van der Waals surface area (Å²) in [5, 5.41) is 3.37. The largest absolute Gasteiger partial charge is 0.459 e. The van der Waals surface area contributed by atoms with E-state index in [1.165, 1.54) is 19.3 Å². The number of anilines is 1. The van der Waals surface area contributed by atoms with Gasteiger partial charge in [0, 0.05) is 48.6 Å². The van der Waals surface area contributed by atoms with Crippen molar-refractivity contribution < 1.29 is 14.3 Å². The van der Waals surface area contributed by atoms with E-state index in [4.69, 9.17) is 27.9 Å². The highest BCUT2D eigenvalue weighted by molar-refractivity contribution is 6.18. The van der Waals surface area contributed by atoms with E-state index in [1.807, 2.05) is 30.3 Å². The summed E-state index contributed by atoms with van der Waals surface area (Å²) in [4.78, 5) is 27.0. The maximum absolute atomic E-state index is 12.7. The standard InChI is InChI=1S/C32H44Cl2N2O3/c1-31-15-13-25(39-30(38)12-5-22-3-7-24(8-4-22)36(19-17-33)20-18-34)21-23(31)6-9-26-27(31)14-16-32(2)28(26)10-11-29(37)35-32/h3-5,7-8,12,23,25-28H,6,9-11,13-21H2,1-2H3,(H,35,37)/b12-5-/t23?,25-,26+,27?,28?,31-,32-/m0/s1. The van der Waals surface area contributed by atoms with Crippen LogP contribution in [0.25, 0.3) is 6.08 Å². The minimum Gasteiger partial charge on any atom is -0.459 e. The van der Waals surface area contributed by atoms with Gasteiger partial charge in [-0.3, -0.25) is 4.79 Å². The molecule has 3 aliphatic carbocycles. The molecule has 1 amide bonds. The van der Waals surface area contributed by atoms with Crippen LogP contribution in [0.15, 0.2) is 30.3 Å². The Morgan fingerprint density at radius 2 is 1.77 bits per heavy atom. The van der Waals surface area contributed by atoms with Gasteiger partial charge < -0.3 is 15.0 Å². The van der Waals surface area contributed by atoms with E-state index in [0.717, 1.165) is 56.4 Å². The molecule has 0 spiro atoms. The number of nitrogens with zero attached hydrogens (tertiary/aromatic N) is 1. The smallest absolute Gasteiger partial charge is 0.331 e. The van der Waals surface area contributed by atoms with Crippen LogP contribution in [0.1, 0.15) is 77.2 Å². The fourth-order valence-corrected chi connectivity index (χ4v) is 9.15. The van der Waals surface area contributed by atoms with Crippen molar-refractivity contribution in [2.24, 2.45) is 29.1 Å². The maximum Gasteiger partial charge on any atom is 0.331 e. The molecule has 39 heavy (non-hydrogen) atoms. The lowest BCUT2D eigenvalue weighted by Gasteiger charge is -2.62. The van der Waals surface area contributed by atoms with E-state index in [2.05, 4.69) is 24.1 Å². The van der Waals surface area contributed by atoms with Crippen LogP contribution in [0.2, 0.25) is 0 Å². The van der Waals surface area contributed by atoms with Gasteiger partial charge >= 0.3 is 5.97 Å². The highest BCUT2D eigenvalue weighted by atomic mass is 35.5. The van der Waals surface area contributed by atoms with Crippen molar-refractivity contribution in [2.45, 2.75) is 83.3 Å². The second-order valence-electron chi connectivity index (χ2n) is 12.8. The minimum absolute atomic E-state index is 0.00152. The molecular formula is C32H44Cl2N2O3. The average Bonchev–Trinajstić information content (AvgIpc) is 2.91. The van der Waals surface area contributed by atoms with Crippen LogP contribution in [0.3, 0.4) is 0 Å². The molecule has 5 rings (SSSR count). The lowest BCUT2D eigenvalue weighted by molar-refractivity contribution is -0.158. The van der Waals surface area contributed by atoms with Gasteiger partial charge in [0.25, 0.3) is 0 Å². The van der Waals surface area contributed by atoms with E-state index in [1.54, 1.807) is 6.08 Å². The molecule has 3 unspecified atom stereocenters. The van der Waals surface area contributed by atoms with Crippen molar-refractivity contribution in [3.63, 3.8) is 0 Å². The molecule has 1 N–H and O–H groups in total. The van der Waals surface area contributed by atoms with E-state index < -0.39 is 0 Å². The highest BCUT2D eigenvalue weighted by Gasteiger charge is 2.58. The van der Waals surface area contributed by atoms with Crippen LogP contribution in [0.4, 0.5) is 5.69 Å². The van der Waals surface area contributed by atoms with Gasteiger partial charge in [0.05, 0.1) is 0 Å².